The average molecular weight is 1450 g/mol. The Morgan fingerprint density at radius 1 is 0.283 bits per heavy atom. The number of phosphoric ester groups is 2. The van der Waals surface area contributed by atoms with Gasteiger partial charge in [0.1, 0.15) is 19.3 Å². The Kier molecular flexibility index (Phi) is 71.6. The number of ether oxygens (including phenoxy) is 4. The van der Waals surface area contributed by atoms with Crippen LogP contribution in [-0.2, 0) is 65.4 Å². The molecule has 0 heterocycles. The highest BCUT2D eigenvalue weighted by molar-refractivity contribution is 7.47. The standard InChI is InChI=1S/C80H156O17P2/c1-6-10-13-16-19-21-23-25-26-27-31-34-37-41-44-49-54-59-64-78(83)91-70-76(97-80(85)66-61-56-51-46-42-38-35-32-29-28-30-33-36-39-43-48-52-57-62-73(5)9-4)72-95-99(88,89)93-68-74(81)67-92-98(86,87)94-71-75(69-90-77(82)63-58-53-47-18-15-12-8-3)96-79(84)65-60-55-50-45-40-24-22-20-17-14-11-7-2/h73-76,81H,6-72H2,1-5H3,(H,86,87)(H,88,89)/t73?,74-,75+,76+/m0/s1. The fourth-order valence-corrected chi connectivity index (χ4v) is 14.0. The average Bonchev–Trinajstić information content (AvgIpc) is 0.984. The molecule has 0 aliphatic carbocycles. The smallest absolute Gasteiger partial charge is 0.462 e. The van der Waals surface area contributed by atoms with Gasteiger partial charge in [-0.15, -0.1) is 0 Å². The number of rotatable bonds is 80. The van der Waals surface area contributed by atoms with Crippen molar-refractivity contribution in [2.75, 3.05) is 39.6 Å². The van der Waals surface area contributed by atoms with Crippen molar-refractivity contribution in [3.8, 4) is 0 Å². The number of esters is 4. The first kappa shape index (κ1) is 97.1. The zero-order chi connectivity index (χ0) is 72.7. The normalized spacial score (nSPS) is 14.1. The van der Waals surface area contributed by atoms with E-state index in [-0.39, 0.29) is 25.7 Å². The van der Waals surface area contributed by atoms with Crippen LogP contribution in [0, 0.1) is 5.92 Å². The van der Waals surface area contributed by atoms with Crippen LogP contribution in [0.3, 0.4) is 0 Å². The van der Waals surface area contributed by atoms with E-state index in [2.05, 4.69) is 34.6 Å². The fraction of sp³-hybridized carbons (Fsp3) is 0.950. The monoisotopic (exact) mass is 1450 g/mol. The molecule has 0 aromatic heterocycles. The van der Waals surface area contributed by atoms with Gasteiger partial charge in [-0.2, -0.15) is 0 Å². The molecule has 3 N–H and O–H groups in total. The van der Waals surface area contributed by atoms with E-state index >= 15 is 0 Å². The van der Waals surface area contributed by atoms with Crippen LogP contribution in [0.4, 0.5) is 0 Å². The molecular formula is C80H156O17P2. The molecule has 0 aliphatic heterocycles. The maximum Gasteiger partial charge on any atom is 0.472 e. The van der Waals surface area contributed by atoms with E-state index < -0.39 is 97.5 Å². The summed E-state index contributed by atoms with van der Waals surface area (Å²) in [5, 5.41) is 10.6. The number of carbonyl (C=O) groups excluding carboxylic acids is 4. The summed E-state index contributed by atoms with van der Waals surface area (Å²) in [6.45, 7) is 7.34. The van der Waals surface area contributed by atoms with E-state index in [0.717, 1.165) is 109 Å². The molecule has 0 fully saturated rings. The largest absolute Gasteiger partial charge is 0.472 e. The molecule has 0 radical (unpaired) electrons. The molecule has 0 rings (SSSR count). The molecule has 588 valence electrons. The number of hydrogen-bond acceptors (Lipinski definition) is 15. The summed E-state index contributed by atoms with van der Waals surface area (Å²) in [5.41, 5.74) is 0. The molecule has 19 heteroatoms. The van der Waals surface area contributed by atoms with Crippen molar-refractivity contribution in [1.29, 1.82) is 0 Å². The molecule has 0 aromatic rings. The molecular weight excluding hydrogens is 1290 g/mol. The van der Waals surface area contributed by atoms with Crippen LogP contribution in [-0.4, -0.2) is 96.7 Å². The summed E-state index contributed by atoms with van der Waals surface area (Å²) in [7, 11) is -9.91. The summed E-state index contributed by atoms with van der Waals surface area (Å²) >= 11 is 0. The predicted molar refractivity (Wildman–Crippen MR) is 405 cm³/mol. The summed E-state index contributed by atoms with van der Waals surface area (Å²) in [6, 6.07) is 0. The van der Waals surface area contributed by atoms with E-state index in [1.54, 1.807) is 0 Å². The van der Waals surface area contributed by atoms with Crippen molar-refractivity contribution in [3.05, 3.63) is 0 Å². The molecule has 0 saturated heterocycles. The van der Waals surface area contributed by atoms with E-state index in [1.165, 1.54) is 238 Å². The van der Waals surface area contributed by atoms with Crippen LogP contribution in [0.5, 0.6) is 0 Å². The highest BCUT2D eigenvalue weighted by atomic mass is 31.2. The van der Waals surface area contributed by atoms with Gasteiger partial charge in [-0.05, 0) is 31.6 Å². The van der Waals surface area contributed by atoms with Crippen molar-refractivity contribution in [2.45, 2.75) is 445 Å². The van der Waals surface area contributed by atoms with Gasteiger partial charge < -0.3 is 33.8 Å². The SMILES string of the molecule is CCCCCCCCCCCCCCCCCCCCC(=O)OC[C@H](COP(=O)(O)OC[C@@H](O)COP(=O)(O)OC[C@@H](COC(=O)CCCCCCCCC)OC(=O)CCCCCCCCCCCCCC)OC(=O)CCCCCCCCCCCCCCCCCCCCC(C)CC. The first-order valence-electron chi connectivity index (χ1n) is 41.7. The minimum absolute atomic E-state index is 0.107. The summed E-state index contributed by atoms with van der Waals surface area (Å²) in [4.78, 5) is 72.8. The van der Waals surface area contributed by atoms with Crippen LogP contribution in [0.1, 0.15) is 426 Å². The molecule has 0 spiro atoms. The Balaban J connectivity index is 5.15. The molecule has 0 aromatic carbocycles. The summed E-state index contributed by atoms with van der Waals surface area (Å²) in [6.07, 6.45) is 64.0. The van der Waals surface area contributed by atoms with Gasteiger partial charge in [-0.25, -0.2) is 9.13 Å². The van der Waals surface area contributed by atoms with E-state index in [0.29, 0.717) is 25.7 Å². The minimum Gasteiger partial charge on any atom is -0.462 e. The zero-order valence-corrected chi connectivity index (χ0v) is 66.4. The summed E-state index contributed by atoms with van der Waals surface area (Å²) in [5.74, 6) is -1.24. The Hall–Kier alpha value is -1.94. The van der Waals surface area contributed by atoms with Gasteiger partial charge in [0.2, 0.25) is 0 Å². The number of unbranched alkanes of at least 4 members (excludes halogenated alkanes) is 51. The predicted octanol–water partition coefficient (Wildman–Crippen LogP) is 24.0. The lowest BCUT2D eigenvalue weighted by molar-refractivity contribution is -0.161. The summed E-state index contributed by atoms with van der Waals surface area (Å²) < 4.78 is 68.5. The Morgan fingerprint density at radius 3 is 0.717 bits per heavy atom. The third-order valence-electron chi connectivity index (χ3n) is 19.1. The van der Waals surface area contributed by atoms with Gasteiger partial charge in [0.05, 0.1) is 26.4 Å². The van der Waals surface area contributed by atoms with Crippen molar-refractivity contribution >= 4 is 39.5 Å². The van der Waals surface area contributed by atoms with Crippen LogP contribution in [0.2, 0.25) is 0 Å². The van der Waals surface area contributed by atoms with Crippen molar-refractivity contribution < 1.29 is 80.2 Å². The van der Waals surface area contributed by atoms with Gasteiger partial charge >= 0.3 is 39.5 Å². The third kappa shape index (κ3) is 72.8. The molecule has 0 amide bonds. The van der Waals surface area contributed by atoms with Gasteiger partial charge in [0.15, 0.2) is 12.2 Å². The second-order valence-electron chi connectivity index (χ2n) is 29.1. The minimum atomic E-state index is -4.96. The zero-order valence-electron chi connectivity index (χ0n) is 64.6. The highest BCUT2D eigenvalue weighted by Crippen LogP contribution is 2.45. The second-order valence-corrected chi connectivity index (χ2v) is 32.0. The van der Waals surface area contributed by atoms with Gasteiger partial charge in [0.25, 0.3) is 0 Å². The van der Waals surface area contributed by atoms with Gasteiger partial charge in [-0.1, -0.05) is 375 Å². The van der Waals surface area contributed by atoms with Gasteiger partial charge in [-0.3, -0.25) is 37.3 Å². The van der Waals surface area contributed by atoms with Crippen LogP contribution in [0.25, 0.3) is 0 Å². The number of hydrogen-bond donors (Lipinski definition) is 3. The van der Waals surface area contributed by atoms with Crippen LogP contribution < -0.4 is 0 Å². The highest BCUT2D eigenvalue weighted by Gasteiger charge is 2.30. The van der Waals surface area contributed by atoms with Crippen molar-refractivity contribution in [3.63, 3.8) is 0 Å². The first-order valence-corrected chi connectivity index (χ1v) is 44.7. The molecule has 17 nitrogen and oxygen atoms in total. The topological polar surface area (TPSA) is 237 Å². The van der Waals surface area contributed by atoms with E-state index in [9.17, 15) is 43.2 Å². The lowest BCUT2D eigenvalue weighted by Gasteiger charge is -2.21. The number of aliphatic hydroxyl groups excluding tert-OH is 1. The number of carbonyl (C=O) groups is 4. The molecule has 0 aliphatic rings. The van der Waals surface area contributed by atoms with Crippen molar-refractivity contribution in [2.24, 2.45) is 5.92 Å². The first-order chi connectivity index (χ1) is 48.1. The second kappa shape index (κ2) is 73.0. The molecule has 3 unspecified atom stereocenters. The van der Waals surface area contributed by atoms with E-state index in [1.807, 2.05) is 0 Å². The van der Waals surface area contributed by atoms with Crippen molar-refractivity contribution in [1.82, 2.24) is 0 Å². The quantitative estimate of drug-likeness (QED) is 0.0222. The van der Waals surface area contributed by atoms with E-state index in [4.69, 9.17) is 37.0 Å². The maximum atomic E-state index is 13.1. The third-order valence-corrected chi connectivity index (χ3v) is 21.0. The van der Waals surface area contributed by atoms with Crippen LogP contribution >= 0.6 is 15.6 Å². The maximum absolute atomic E-state index is 13.1. The lowest BCUT2D eigenvalue weighted by atomic mass is 9.99. The molecule has 0 saturated carbocycles. The number of aliphatic hydroxyl groups is 1. The Bertz CT molecular complexity index is 1890. The lowest BCUT2D eigenvalue weighted by Crippen LogP contribution is -2.30. The van der Waals surface area contributed by atoms with Gasteiger partial charge in [0, 0.05) is 25.7 Å². The van der Waals surface area contributed by atoms with Crippen LogP contribution in [0.15, 0.2) is 0 Å². The fourth-order valence-electron chi connectivity index (χ4n) is 12.4. The molecule has 0 bridgehead atoms. The molecule has 99 heavy (non-hydrogen) atoms. The Morgan fingerprint density at radius 2 is 0.485 bits per heavy atom. The molecule has 6 atom stereocenters. The number of phosphoric acid groups is 2. The Labute approximate surface area is 607 Å².